The molecule has 1 rings (SSSR count). The number of rotatable bonds is 2. The fraction of sp³-hybridized carbons (Fsp3) is 0.778. The number of nitrogens with zero attached hydrogens (tertiary/aromatic N) is 1. The van der Waals surface area contributed by atoms with Crippen LogP contribution in [0.1, 0.15) is 13.3 Å². The molecule has 1 aliphatic rings. The molecule has 0 spiro atoms. The Labute approximate surface area is 95.4 Å². The third kappa shape index (κ3) is 2.21. The highest BCUT2D eigenvalue weighted by atomic mass is 19.4. The number of carboxylic acid groups (broad SMARTS) is 1. The lowest BCUT2D eigenvalue weighted by Crippen LogP contribution is -2.49. The number of carbonyl (C=O) groups is 2. The van der Waals surface area contributed by atoms with Gasteiger partial charge in [-0.3, -0.25) is 9.59 Å². The zero-order valence-electron chi connectivity index (χ0n) is 9.12. The van der Waals surface area contributed by atoms with E-state index in [2.05, 4.69) is 0 Å². The van der Waals surface area contributed by atoms with E-state index < -0.39 is 42.5 Å². The first-order valence-electron chi connectivity index (χ1n) is 4.96. The lowest BCUT2D eigenvalue weighted by Gasteiger charge is -2.27. The maximum atomic E-state index is 12.8. The molecule has 1 heterocycles. The molecule has 0 aromatic carbocycles. The summed E-state index contributed by atoms with van der Waals surface area (Å²) in [5.74, 6) is -2.62. The molecule has 98 valence electrons. The number of carbonyl (C=O) groups excluding carboxylic acids is 1. The molecule has 0 aliphatic carbocycles. The lowest BCUT2D eigenvalue weighted by atomic mass is 9.86. The van der Waals surface area contributed by atoms with Crippen LogP contribution < -0.4 is 5.73 Å². The van der Waals surface area contributed by atoms with Crippen molar-refractivity contribution in [2.24, 2.45) is 11.1 Å². The molecular formula is C9H13F3N2O3. The Morgan fingerprint density at radius 2 is 2.00 bits per heavy atom. The Kier molecular flexibility index (Phi) is 3.37. The monoisotopic (exact) mass is 254 g/mol. The average molecular weight is 254 g/mol. The van der Waals surface area contributed by atoms with Gasteiger partial charge in [-0.1, -0.05) is 0 Å². The first kappa shape index (κ1) is 13.8. The van der Waals surface area contributed by atoms with E-state index in [9.17, 15) is 22.8 Å². The molecule has 1 unspecified atom stereocenters. The number of nitrogens with two attached hydrogens (primary N) is 1. The van der Waals surface area contributed by atoms with Crippen LogP contribution in [-0.2, 0) is 9.59 Å². The van der Waals surface area contributed by atoms with Crippen LogP contribution in [-0.4, -0.2) is 47.2 Å². The molecule has 17 heavy (non-hydrogen) atoms. The summed E-state index contributed by atoms with van der Waals surface area (Å²) >= 11 is 0. The lowest BCUT2D eigenvalue weighted by molar-refractivity contribution is -0.227. The molecule has 1 amide bonds. The summed E-state index contributed by atoms with van der Waals surface area (Å²) in [7, 11) is 0. The van der Waals surface area contributed by atoms with Crippen molar-refractivity contribution in [1.82, 2.24) is 4.90 Å². The minimum atomic E-state index is -4.88. The Morgan fingerprint density at radius 1 is 1.47 bits per heavy atom. The Bertz CT molecular complexity index is 343. The summed E-state index contributed by atoms with van der Waals surface area (Å²) in [6.07, 6.45) is -5.52. The Morgan fingerprint density at radius 3 is 2.29 bits per heavy atom. The van der Waals surface area contributed by atoms with Gasteiger partial charge >= 0.3 is 12.1 Å². The zero-order valence-corrected chi connectivity index (χ0v) is 9.12. The molecule has 1 aliphatic heterocycles. The summed E-state index contributed by atoms with van der Waals surface area (Å²) in [6, 6.07) is -0.937. The molecular weight excluding hydrogens is 241 g/mol. The molecule has 8 heteroatoms. The third-order valence-corrected chi connectivity index (χ3v) is 2.92. The van der Waals surface area contributed by atoms with E-state index in [-0.39, 0.29) is 6.54 Å². The second kappa shape index (κ2) is 4.17. The van der Waals surface area contributed by atoms with Gasteiger partial charge in [-0.25, -0.2) is 0 Å². The van der Waals surface area contributed by atoms with Crippen LogP contribution in [0.25, 0.3) is 0 Å². The average Bonchev–Trinajstić information content (AvgIpc) is 2.60. The fourth-order valence-electron chi connectivity index (χ4n) is 1.81. The fourth-order valence-corrected chi connectivity index (χ4v) is 1.81. The van der Waals surface area contributed by atoms with E-state index in [4.69, 9.17) is 10.8 Å². The summed E-state index contributed by atoms with van der Waals surface area (Å²) in [6.45, 7) is 0.231. The van der Waals surface area contributed by atoms with Crippen molar-refractivity contribution in [1.29, 1.82) is 0 Å². The zero-order chi connectivity index (χ0) is 13.4. The molecule has 0 bridgehead atoms. The van der Waals surface area contributed by atoms with Crippen molar-refractivity contribution in [2.75, 3.05) is 13.1 Å². The van der Waals surface area contributed by atoms with E-state index in [1.807, 2.05) is 0 Å². The molecule has 0 aromatic rings. The first-order valence-corrected chi connectivity index (χ1v) is 4.96. The molecule has 3 N–H and O–H groups in total. The molecule has 2 atom stereocenters. The molecule has 0 saturated carbocycles. The Balaban J connectivity index is 2.95. The number of hydrogen-bond donors (Lipinski definition) is 2. The molecule has 0 aromatic heterocycles. The number of amides is 1. The largest absolute Gasteiger partial charge is 0.481 e. The van der Waals surface area contributed by atoms with Gasteiger partial charge in [0.15, 0.2) is 5.41 Å². The summed E-state index contributed by atoms with van der Waals surface area (Å²) in [4.78, 5) is 23.1. The van der Waals surface area contributed by atoms with Crippen molar-refractivity contribution in [3.05, 3.63) is 0 Å². The second-order valence-corrected chi connectivity index (χ2v) is 4.18. The van der Waals surface area contributed by atoms with Crippen LogP contribution in [0.5, 0.6) is 0 Å². The predicted octanol–water partition coefficient (Wildman–Crippen LogP) is 0.199. The number of carboxylic acids is 1. The van der Waals surface area contributed by atoms with Gasteiger partial charge in [-0.15, -0.1) is 0 Å². The molecule has 5 nitrogen and oxygen atoms in total. The third-order valence-electron chi connectivity index (χ3n) is 2.92. The van der Waals surface area contributed by atoms with Crippen LogP contribution in [0.4, 0.5) is 13.2 Å². The van der Waals surface area contributed by atoms with Gasteiger partial charge < -0.3 is 15.7 Å². The van der Waals surface area contributed by atoms with Gasteiger partial charge in [0.2, 0.25) is 5.91 Å². The Hall–Kier alpha value is -1.31. The smallest absolute Gasteiger partial charge is 0.406 e. The minimum Gasteiger partial charge on any atom is -0.481 e. The van der Waals surface area contributed by atoms with Gasteiger partial charge in [0.25, 0.3) is 0 Å². The topological polar surface area (TPSA) is 83.6 Å². The van der Waals surface area contributed by atoms with E-state index in [0.717, 1.165) is 4.90 Å². The van der Waals surface area contributed by atoms with Crippen LogP contribution in [0.3, 0.4) is 0 Å². The van der Waals surface area contributed by atoms with Crippen LogP contribution >= 0.6 is 0 Å². The first-order chi connectivity index (χ1) is 7.62. The van der Waals surface area contributed by atoms with Crippen LogP contribution in [0.2, 0.25) is 0 Å². The van der Waals surface area contributed by atoms with Crippen LogP contribution in [0, 0.1) is 5.41 Å². The highest BCUT2D eigenvalue weighted by Gasteiger charge is 2.64. The summed E-state index contributed by atoms with van der Waals surface area (Å²) in [5.41, 5.74) is 2.41. The number of alkyl halides is 3. The predicted molar refractivity (Wildman–Crippen MR) is 51.0 cm³/mol. The normalized spacial score (nSPS) is 27.0. The van der Waals surface area contributed by atoms with E-state index in [1.165, 1.54) is 6.92 Å². The van der Waals surface area contributed by atoms with Gasteiger partial charge in [0, 0.05) is 13.1 Å². The minimum absolute atomic E-state index is 0.244. The van der Waals surface area contributed by atoms with E-state index >= 15 is 0 Å². The second-order valence-electron chi connectivity index (χ2n) is 4.18. The highest BCUT2D eigenvalue weighted by Crippen LogP contribution is 2.45. The number of likely N-dealkylation sites (tertiary alicyclic amines) is 1. The van der Waals surface area contributed by atoms with Crippen molar-refractivity contribution < 1.29 is 27.9 Å². The van der Waals surface area contributed by atoms with Crippen molar-refractivity contribution in [2.45, 2.75) is 25.6 Å². The number of halogens is 3. The summed E-state index contributed by atoms with van der Waals surface area (Å²) in [5, 5.41) is 8.75. The van der Waals surface area contributed by atoms with Gasteiger partial charge in [0.1, 0.15) is 0 Å². The summed E-state index contributed by atoms with van der Waals surface area (Å²) < 4.78 is 38.3. The van der Waals surface area contributed by atoms with Crippen molar-refractivity contribution in [3.63, 3.8) is 0 Å². The van der Waals surface area contributed by atoms with Crippen molar-refractivity contribution >= 4 is 11.9 Å². The van der Waals surface area contributed by atoms with Gasteiger partial charge in [-0.2, -0.15) is 13.2 Å². The van der Waals surface area contributed by atoms with Crippen LogP contribution in [0.15, 0.2) is 0 Å². The maximum Gasteiger partial charge on any atom is 0.406 e. The highest BCUT2D eigenvalue weighted by molar-refractivity contribution is 5.84. The van der Waals surface area contributed by atoms with Crippen molar-refractivity contribution in [3.8, 4) is 0 Å². The number of aliphatic carboxylic acids is 1. The maximum absolute atomic E-state index is 12.8. The molecule has 1 fully saturated rings. The SMILES string of the molecule is C[C@@H](N)C(=O)N1CCC(C(=O)O)(C(F)(F)F)C1. The van der Waals surface area contributed by atoms with Gasteiger partial charge in [-0.05, 0) is 13.3 Å². The van der Waals surface area contributed by atoms with Gasteiger partial charge in [0.05, 0.1) is 6.04 Å². The standard InChI is InChI=1S/C9H13F3N2O3/c1-5(13)6(15)14-3-2-8(4-14,7(16)17)9(10,11)12/h5H,2-4,13H2,1H3,(H,16,17)/t5-,8?/m1/s1. The van der Waals surface area contributed by atoms with E-state index in [1.54, 1.807) is 0 Å². The van der Waals surface area contributed by atoms with E-state index in [0.29, 0.717) is 0 Å². The molecule has 0 radical (unpaired) electrons. The molecule has 1 saturated heterocycles. The number of hydrogen-bond acceptors (Lipinski definition) is 3. The quantitative estimate of drug-likeness (QED) is 0.737.